The van der Waals surface area contributed by atoms with Gasteiger partial charge in [-0.2, -0.15) is 0 Å². The summed E-state index contributed by atoms with van der Waals surface area (Å²) in [7, 11) is 0. The van der Waals surface area contributed by atoms with Gasteiger partial charge in [0.1, 0.15) is 6.04 Å². The highest BCUT2D eigenvalue weighted by atomic mass is 16.5. The zero-order chi connectivity index (χ0) is 17.3. The maximum absolute atomic E-state index is 11.8. The summed E-state index contributed by atoms with van der Waals surface area (Å²) >= 11 is 0. The van der Waals surface area contributed by atoms with E-state index in [4.69, 9.17) is 4.74 Å². The highest BCUT2D eigenvalue weighted by molar-refractivity contribution is 5.84. The van der Waals surface area contributed by atoms with Crippen LogP contribution >= 0.6 is 0 Å². The first-order chi connectivity index (χ1) is 11.1. The number of hydrogen-bond acceptors (Lipinski definition) is 3. The van der Waals surface area contributed by atoms with E-state index < -0.39 is 6.04 Å². The first-order valence-corrected chi connectivity index (χ1v) is 9.57. The monoisotopic (exact) mass is 327 g/mol. The van der Waals surface area contributed by atoms with Gasteiger partial charge in [0.15, 0.2) is 0 Å². The molecule has 0 saturated heterocycles. The summed E-state index contributed by atoms with van der Waals surface area (Å²) in [6.07, 6.45) is 13.1. The molecule has 0 fully saturated rings. The van der Waals surface area contributed by atoms with Crippen molar-refractivity contribution in [2.75, 3.05) is 6.61 Å². The molecule has 0 radical (unpaired) electrons. The van der Waals surface area contributed by atoms with Crippen molar-refractivity contribution in [2.45, 2.75) is 104 Å². The first kappa shape index (κ1) is 21.9. The van der Waals surface area contributed by atoms with Crippen LogP contribution in [0.5, 0.6) is 0 Å². The van der Waals surface area contributed by atoms with Gasteiger partial charge in [0.2, 0.25) is 5.91 Å². The highest BCUT2D eigenvalue weighted by Gasteiger charge is 2.16. The number of nitrogens with one attached hydrogen (secondary N) is 1. The molecule has 0 saturated carbocycles. The van der Waals surface area contributed by atoms with Gasteiger partial charge < -0.3 is 10.1 Å². The van der Waals surface area contributed by atoms with E-state index in [1.807, 2.05) is 0 Å². The van der Waals surface area contributed by atoms with E-state index in [0.29, 0.717) is 13.0 Å². The van der Waals surface area contributed by atoms with Gasteiger partial charge in [-0.25, -0.2) is 4.79 Å². The molecule has 136 valence electrons. The Bertz CT molecular complexity index is 305. The Morgan fingerprint density at radius 2 is 1.35 bits per heavy atom. The minimum Gasteiger partial charge on any atom is -0.464 e. The number of carbonyl (C=O) groups excluding carboxylic acids is 2. The minimum atomic E-state index is -0.543. The van der Waals surface area contributed by atoms with Gasteiger partial charge >= 0.3 is 5.97 Å². The van der Waals surface area contributed by atoms with Crippen molar-refractivity contribution in [3.8, 4) is 0 Å². The molecular formula is C19H37NO3. The molecule has 23 heavy (non-hydrogen) atoms. The van der Waals surface area contributed by atoms with Crippen LogP contribution in [0.2, 0.25) is 0 Å². The normalized spacial score (nSPS) is 12.0. The van der Waals surface area contributed by atoms with Crippen molar-refractivity contribution in [1.82, 2.24) is 5.32 Å². The Kier molecular flexibility index (Phi) is 15.1. The van der Waals surface area contributed by atoms with Crippen LogP contribution in [0.3, 0.4) is 0 Å². The lowest BCUT2D eigenvalue weighted by Gasteiger charge is -2.13. The van der Waals surface area contributed by atoms with Crippen molar-refractivity contribution in [1.29, 1.82) is 0 Å². The Balaban J connectivity index is 3.58. The lowest BCUT2D eigenvalue weighted by molar-refractivity contribution is -0.147. The Morgan fingerprint density at radius 3 is 1.96 bits per heavy atom. The second-order valence-corrected chi connectivity index (χ2v) is 6.39. The van der Waals surface area contributed by atoms with Gasteiger partial charge in [-0.15, -0.1) is 0 Å². The second-order valence-electron chi connectivity index (χ2n) is 6.39. The van der Waals surface area contributed by atoms with Crippen molar-refractivity contribution in [3.05, 3.63) is 0 Å². The molecule has 0 aliphatic heterocycles. The summed E-state index contributed by atoms with van der Waals surface area (Å²) in [5.74, 6) is -0.372. The topological polar surface area (TPSA) is 55.4 Å². The lowest BCUT2D eigenvalue weighted by atomic mass is 10.1. The highest BCUT2D eigenvalue weighted by Crippen LogP contribution is 2.06. The molecule has 0 aliphatic carbocycles. The largest absolute Gasteiger partial charge is 0.464 e. The quantitative estimate of drug-likeness (QED) is 0.349. The molecule has 0 aromatic heterocycles. The lowest BCUT2D eigenvalue weighted by Crippen LogP contribution is -2.39. The van der Waals surface area contributed by atoms with Gasteiger partial charge in [0.05, 0.1) is 6.61 Å². The number of hydrogen-bond donors (Lipinski definition) is 1. The summed E-state index contributed by atoms with van der Waals surface area (Å²) in [4.78, 5) is 23.5. The molecular weight excluding hydrogens is 290 g/mol. The molecule has 1 unspecified atom stereocenters. The van der Waals surface area contributed by atoms with Crippen LogP contribution in [0.15, 0.2) is 0 Å². The number of amides is 1. The predicted molar refractivity (Wildman–Crippen MR) is 95.3 cm³/mol. The Hall–Kier alpha value is -1.06. The first-order valence-electron chi connectivity index (χ1n) is 9.57. The molecule has 0 spiro atoms. The Labute approximate surface area is 142 Å². The van der Waals surface area contributed by atoms with E-state index in [9.17, 15) is 9.59 Å². The summed E-state index contributed by atoms with van der Waals surface area (Å²) in [6.45, 7) is 6.52. The number of esters is 1. The minimum absolute atomic E-state index is 0.0504. The van der Waals surface area contributed by atoms with Crippen LogP contribution in [-0.4, -0.2) is 24.5 Å². The van der Waals surface area contributed by atoms with E-state index in [1.165, 1.54) is 44.9 Å². The van der Waals surface area contributed by atoms with Crippen LogP contribution in [0.1, 0.15) is 97.8 Å². The van der Waals surface area contributed by atoms with E-state index >= 15 is 0 Å². The molecule has 1 amide bonds. The smallest absolute Gasteiger partial charge is 0.328 e. The summed E-state index contributed by atoms with van der Waals surface area (Å²) in [5.41, 5.74) is 0. The van der Waals surface area contributed by atoms with Crippen LogP contribution in [0.4, 0.5) is 0 Å². The third kappa shape index (κ3) is 14.3. The molecule has 4 heteroatoms. The molecule has 0 aliphatic rings. The molecule has 0 rings (SSSR count). The van der Waals surface area contributed by atoms with Gasteiger partial charge in [0, 0.05) is 6.42 Å². The predicted octanol–water partition coefficient (Wildman–Crippen LogP) is 4.76. The molecule has 0 heterocycles. The van der Waals surface area contributed by atoms with Gasteiger partial charge in [-0.1, -0.05) is 71.6 Å². The van der Waals surface area contributed by atoms with E-state index in [0.717, 1.165) is 25.7 Å². The van der Waals surface area contributed by atoms with Gasteiger partial charge in [-0.05, 0) is 19.8 Å². The summed E-state index contributed by atoms with van der Waals surface area (Å²) < 4.78 is 5.22. The number of unbranched alkanes of at least 4 members (excludes halogenated alkanes) is 9. The van der Waals surface area contributed by atoms with E-state index in [-0.39, 0.29) is 11.9 Å². The maximum Gasteiger partial charge on any atom is 0.328 e. The fraction of sp³-hybridized carbons (Fsp3) is 0.895. The SMILES string of the molecule is CCCCCCCCOC(=O)C(C)NC(=O)CCCCCCC. The molecule has 4 nitrogen and oxygen atoms in total. The van der Waals surface area contributed by atoms with Crippen LogP contribution < -0.4 is 5.32 Å². The third-order valence-corrected chi connectivity index (χ3v) is 3.98. The van der Waals surface area contributed by atoms with Crippen LogP contribution in [0.25, 0.3) is 0 Å². The summed E-state index contributed by atoms with van der Waals surface area (Å²) in [5, 5.41) is 2.73. The fourth-order valence-electron chi connectivity index (χ4n) is 2.44. The number of carbonyl (C=O) groups is 2. The van der Waals surface area contributed by atoms with Crippen LogP contribution in [0, 0.1) is 0 Å². The fourth-order valence-corrected chi connectivity index (χ4v) is 2.44. The molecule has 0 bridgehead atoms. The van der Waals surface area contributed by atoms with Crippen molar-refractivity contribution in [3.63, 3.8) is 0 Å². The number of rotatable bonds is 15. The van der Waals surface area contributed by atoms with E-state index in [1.54, 1.807) is 6.92 Å². The molecule has 1 N–H and O–H groups in total. The molecule has 0 aromatic rings. The average Bonchev–Trinajstić information content (AvgIpc) is 2.53. The molecule has 0 aromatic carbocycles. The second kappa shape index (κ2) is 15.8. The standard InChI is InChI=1S/C19H37NO3/c1-4-6-8-10-12-14-16-23-19(22)17(3)20-18(21)15-13-11-9-7-5-2/h17H,4-16H2,1-3H3,(H,20,21). The van der Waals surface area contributed by atoms with Crippen molar-refractivity contribution >= 4 is 11.9 Å². The zero-order valence-corrected chi connectivity index (χ0v) is 15.5. The average molecular weight is 328 g/mol. The number of ether oxygens (including phenoxy) is 1. The zero-order valence-electron chi connectivity index (χ0n) is 15.5. The van der Waals surface area contributed by atoms with Crippen molar-refractivity contribution in [2.24, 2.45) is 0 Å². The van der Waals surface area contributed by atoms with Crippen LogP contribution in [-0.2, 0) is 14.3 Å². The maximum atomic E-state index is 11.8. The Morgan fingerprint density at radius 1 is 0.826 bits per heavy atom. The van der Waals surface area contributed by atoms with E-state index in [2.05, 4.69) is 19.2 Å². The third-order valence-electron chi connectivity index (χ3n) is 3.98. The summed E-state index contributed by atoms with van der Waals surface area (Å²) in [6, 6.07) is -0.543. The molecule has 1 atom stereocenters. The van der Waals surface area contributed by atoms with Crippen molar-refractivity contribution < 1.29 is 14.3 Å². The van der Waals surface area contributed by atoms with Gasteiger partial charge in [-0.3, -0.25) is 4.79 Å². The van der Waals surface area contributed by atoms with Gasteiger partial charge in [0.25, 0.3) is 0 Å².